The summed E-state index contributed by atoms with van der Waals surface area (Å²) in [6, 6.07) is 0.263. The minimum absolute atomic E-state index is 0.250. The van der Waals surface area contributed by atoms with E-state index in [0.717, 1.165) is 25.1 Å². The van der Waals surface area contributed by atoms with Gasteiger partial charge in [0.2, 0.25) is 0 Å². The molecule has 0 saturated carbocycles. The number of sulfone groups is 1. The van der Waals surface area contributed by atoms with Gasteiger partial charge >= 0.3 is 0 Å². The first-order valence-electron chi connectivity index (χ1n) is 6.36. The lowest BCUT2D eigenvalue weighted by atomic mass is 9.95. The lowest BCUT2D eigenvalue weighted by molar-refractivity contribution is 0.380. The van der Waals surface area contributed by atoms with Crippen LogP contribution in [0.2, 0.25) is 0 Å². The first kappa shape index (κ1) is 13.5. The van der Waals surface area contributed by atoms with Gasteiger partial charge in [0.15, 0.2) is 9.84 Å². The maximum Gasteiger partial charge on any atom is 0.150 e. The van der Waals surface area contributed by atoms with E-state index in [4.69, 9.17) is 0 Å². The maximum absolute atomic E-state index is 11.5. The fraction of sp³-hybridized carbons (Fsp3) is 0.750. The molecule has 2 atom stereocenters. The normalized spacial score (nSPS) is 24.2. The Bertz CT molecular complexity index is 495. The minimum Gasteiger partial charge on any atom is -0.338 e. The number of rotatable bonds is 5. The standard InChI is InChI=1S/C12H21N3O2S/c1-13-11(10-5-8-18(16,17)9-10)3-4-12-14-6-7-15(12)2/h6-7,10-11,13H,3-5,8-9H2,1-2H3. The molecule has 1 saturated heterocycles. The van der Waals surface area contributed by atoms with Gasteiger partial charge in [-0.1, -0.05) is 0 Å². The van der Waals surface area contributed by atoms with Crippen LogP contribution in [-0.2, 0) is 23.3 Å². The molecule has 1 fully saturated rings. The predicted octanol–water partition coefficient (Wildman–Crippen LogP) is 0.375. The molecule has 0 aromatic carbocycles. The molecule has 0 aliphatic carbocycles. The maximum atomic E-state index is 11.5. The van der Waals surface area contributed by atoms with Gasteiger partial charge in [-0.05, 0) is 25.8 Å². The van der Waals surface area contributed by atoms with E-state index in [1.807, 2.05) is 24.9 Å². The molecule has 2 heterocycles. The lowest BCUT2D eigenvalue weighted by Gasteiger charge is -2.21. The van der Waals surface area contributed by atoms with Gasteiger partial charge in [-0.25, -0.2) is 13.4 Å². The number of hydrogen-bond donors (Lipinski definition) is 1. The molecule has 1 aliphatic heterocycles. The van der Waals surface area contributed by atoms with Gasteiger partial charge < -0.3 is 9.88 Å². The van der Waals surface area contributed by atoms with Gasteiger partial charge in [0.1, 0.15) is 5.82 Å². The van der Waals surface area contributed by atoms with Gasteiger partial charge in [0, 0.05) is 31.9 Å². The van der Waals surface area contributed by atoms with Gasteiger partial charge in [0.05, 0.1) is 11.5 Å². The van der Waals surface area contributed by atoms with Crippen LogP contribution in [0.3, 0.4) is 0 Å². The molecule has 0 spiro atoms. The van der Waals surface area contributed by atoms with E-state index in [2.05, 4.69) is 10.3 Å². The smallest absolute Gasteiger partial charge is 0.150 e. The minimum atomic E-state index is -2.79. The fourth-order valence-corrected chi connectivity index (χ4v) is 4.56. The topological polar surface area (TPSA) is 64.0 Å². The molecular weight excluding hydrogens is 250 g/mol. The van der Waals surface area contributed by atoms with Crippen molar-refractivity contribution >= 4 is 9.84 Å². The van der Waals surface area contributed by atoms with Crippen molar-refractivity contribution in [3.05, 3.63) is 18.2 Å². The highest BCUT2D eigenvalue weighted by Crippen LogP contribution is 2.24. The zero-order chi connectivity index (χ0) is 13.2. The van der Waals surface area contributed by atoms with Crippen LogP contribution < -0.4 is 5.32 Å². The average molecular weight is 271 g/mol. The second-order valence-corrected chi connectivity index (χ2v) is 7.28. The van der Waals surface area contributed by atoms with E-state index in [1.165, 1.54) is 0 Å². The second kappa shape index (κ2) is 5.40. The molecule has 0 radical (unpaired) electrons. The third kappa shape index (κ3) is 3.11. The van der Waals surface area contributed by atoms with Crippen LogP contribution in [0.4, 0.5) is 0 Å². The summed E-state index contributed by atoms with van der Waals surface area (Å²) in [5.74, 6) is 1.98. The van der Waals surface area contributed by atoms with Gasteiger partial charge in [-0.2, -0.15) is 0 Å². The molecule has 102 valence electrons. The van der Waals surface area contributed by atoms with Crippen LogP contribution in [0.5, 0.6) is 0 Å². The van der Waals surface area contributed by atoms with Crippen molar-refractivity contribution in [3.8, 4) is 0 Å². The number of aryl methyl sites for hydroxylation is 2. The molecule has 1 aromatic heterocycles. The summed E-state index contributed by atoms with van der Waals surface area (Å²) in [6.45, 7) is 0. The van der Waals surface area contributed by atoms with Gasteiger partial charge in [0.25, 0.3) is 0 Å². The molecular formula is C12H21N3O2S. The Morgan fingerprint density at radius 1 is 1.61 bits per heavy atom. The molecule has 1 N–H and O–H groups in total. The Hall–Kier alpha value is -0.880. The van der Waals surface area contributed by atoms with Crippen LogP contribution in [0.15, 0.2) is 12.4 Å². The highest BCUT2D eigenvalue weighted by atomic mass is 32.2. The van der Waals surface area contributed by atoms with Gasteiger partial charge in [-0.3, -0.25) is 0 Å². The number of nitrogens with zero attached hydrogens (tertiary/aromatic N) is 2. The zero-order valence-electron chi connectivity index (χ0n) is 11.0. The summed E-state index contributed by atoms with van der Waals surface area (Å²) in [5.41, 5.74) is 0. The van der Waals surface area contributed by atoms with E-state index in [1.54, 1.807) is 6.20 Å². The van der Waals surface area contributed by atoms with Crippen molar-refractivity contribution in [1.82, 2.24) is 14.9 Å². The monoisotopic (exact) mass is 271 g/mol. The molecule has 5 nitrogen and oxygen atoms in total. The SMILES string of the molecule is CNC(CCc1nccn1C)C1CCS(=O)(=O)C1. The lowest BCUT2D eigenvalue weighted by Crippen LogP contribution is -2.35. The van der Waals surface area contributed by atoms with Crippen LogP contribution in [0, 0.1) is 5.92 Å². The van der Waals surface area contributed by atoms with E-state index in [9.17, 15) is 8.42 Å². The summed E-state index contributed by atoms with van der Waals surface area (Å²) < 4.78 is 25.0. The third-order valence-corrected chi connectivity index (χ3v) is 5.60. The van der Waals surface area contributed by atoms with Crippen molar-refractivity contribution < 1.29 is 8.42 Å². The van der Waals surface area contributed by atoms with E-state index in [-0.39, 0.29) is 12.0 Å². The number of nitrogens with one attached hydrogen (secondary N) is 1. The molecule has 0 bridgehead atoms. The summed E-state index contributed by atoms with van der Waals surface area (Å²) in [6.07, 6.45) is 6.33. The second-order valence-electron chi connectivity index (χ2n) is 5.05. The molecule has 0 amide bonds. The number of hydrogen-bond acceptors (Lipinski definition) is 4. The van der Waals surface area contributed by atoms with Crippen molar-refractivity contribution in [2.45, 2.75) is 25.3 Å². The molecule has 2 rings (SSSR count). The van der Waals surface area contributed by atoms with Gasteiger partial charge in [-0.15, -0.1) is 0 Å². The van der Waals surface area contributed by atoms with Crippen LogP contribution in [-0.4, -0.2) is 42.6 Å². The van der Waals surface area contributed by atoms with Crippen LogP contribution in [0.25, 0.3) is 0 Å². The van der Waals surface area contributed by atoms with E-state index >= 15 is 0 Å². The Balaban J connectivity index is 1.92. The Morgan fingerprint density at radius 2 is 2.39 bits per heavy atom. The highest BCUT2D eigenvalue weighted by Gasteiger charge is 2.32. The Kier molecular flexibility index (Phi) is 4.07. The first-order valence-corrected chi connectivity index (χ1v) is 8.18. The molecule has 18 heavy (non-hydrogen) atoms. The Morgan fingerprint density at radius 3 is 2.89 bits per heavy atom. The summed E-state index contributed by atoms with van der Waals surface area (Å²) in [7, 11) is 1.10. The van der Waals surface area contributed by atoms with Crippen LogP contribution in [0.1, 0.15) is 18.7 Å². The van der Waals surface area contributed by atoms with Crippen molar-refractivity contribution in [2.75, 3.05) is 18.6 Å². The third-order valence-electron chi connectivity index (χ3n) is 3.81. The van der Waals surface area contributed by atoms with E-state index < -0.39 is 9.84 Å². The zero-order valence-corrected chi connectivity index (χ0v) is 11.8. The van der Waals surface area contributed by atoms with Crippen molar-refractivity contribution in [1.29, 1.82) is 0 Å². The predicted molar refractivity (Wildman–Crippen MR) is 71.1 cm³/mol. The molecule has 2 unspecified atom stereocenters. The Labute approximate surface area is 109 Å². The van der Waals surface area contributed by atoms with Crippen molar-refractivity contribution in [3.63, 3.8) is 0 Å². The first-order chi connectivity index (χ1) is 8.52. The average Bonchev–Trinajstić information content (AvgIpc) is 2.87. The number of imidazole rings is 1. The number of aromatic nitrogens is 2. The molecule has 6 heteroatoms. The quantitative estimate of drug-likeness (QED) is 0.840. The fourth-order valence-electron chi connectivity index (χ4n) is 2.68. The summed E-state index contributed by atoms with van der Waals surface area (Å²) in [5, 5.41) is 3.26. The highest BCUT2D eigenvalue weighted by molar-refractivity contribution is 7.91. The summed E-state index contributed by atoms with van der Waals surface area (Å²) in [4.78, 5) is 4.29. The van der Waals surface area contributed by atoms with E-state index in [0.29, 0.717) is 11.5 Å². The largest absolute Gasteiger partial charge is 0.338 e. The van der Waals surface area contributed by atoms with Crippen LogP contribution >= 0.6 is 0 Å². The summed E-state index contributed by atoms with van der Waals surface area (Å²) >= 11 is 0. The van der Waals surface area contributed by atoms with Crippen molar-refractivity contribution in [2.24, 2.45) is 13.0 Å². The molecule has 1 aromatic rings. The molecule has 1 aliphatic rings.